The fourth-order valence-corrected chi connectivity index (χ4v) is 2.44. The lowest BCUT2D eigenvalue weighted by molar-refractivity contribution is 1.22. The van der Waals surface area contributed by atoms with Crippen molar-refractivity contribution in [2.45, 2.75) is 27.7 Å². The maximum absolute atomic E-state index is 4.17. The summed E-state index contributed by atoms with van der Waals surface area (Å²) in [5, 5.41) is 16.5. The minimum absolute atomic E-state index is 0.872. The van der Waals surface area contributed by atoms with Gasteiger partial charge in [0.2, 0.25) is 0 Å². The number of hydrogen-bond donors (Lipinski definition) is 0. The molecule has 162 valence electrons. The van der Waals surface area contributed by atoms with Gasteiger partial charge in [-0.2, -0.15) is 20.5 Å². The van der Waals surface area contributed by atoms with Crippen LogP contribution in [0.15, 0.2) is 130 Å². The maximum Gasteiger partial charge on any atom is 0.0857 e. The van der Waals surface area contributed by atoms with Crippen LogP contribution in [0.2, 0.25) is 0 Å². The van der Waals surface area contributed by atoms with Crippen molar-refractivity contribution in [3.8, 4) is 0 Å². The topological polar surface area (TPSA) is 49.4 Å². The van der Waals surface area contributed by atoms with E-state index < -0.39 is 0 Å². The standard InChI is InChI=1S/C14H14N2.C12H10N2.C2H6/c1-11-3-7-13(8-4-11)15-16-14-9-5-12(2)6-10-14;1-3-7-11(8-4-1)13-14-12-9-5-2-6-10-12;1-2/h3-10H,1-2H3;1-10H;1-2H3. The second-order valence-corrected chi connectivity index (χ2v) is 6.74. The van der Waals surface area contributed by atoms with E-state index >= 15 is 0 Å². The summed E-state index contributed by atoms with van der Waals surface area (Å²) in [5.74, 6) is 0. The first-order valence-electron chi connectivity index (χ1n) is 10.8. The Morgan fingerprint density at radius 1 is 0.344 bits per heavy atom. The van der Waals surface area contributed by atoms with Gasteiger partial charge in [-0.1, -0.05) is 85.6 Å². The van der Waals surface area contributed by atoms with Gasteiger partial charge >= 0.3 is 0 Å². The van der Waals surface area contributed by atoms with E-state index in [1.807, 2.05) is 123 Å². The second kappa shape index (κ2) is 14.1. The number of hydrogen-bond acceptors (Lipinski definition) is 4. The van der Waals surface area contributed by atoms with Gasteiger partial charge in [-0.15, -0.1) is 0 Å². The quantitative estimate of drug-likeness (QED) is 0.294. The number of rotatable bonds is 4. The van der Waals surface area contributed by atoms with Gasteiger partial charge in [-0.25, -0.2) is 0 Å². The van der Waals surface area contributed by atoms with Crippen LogP contribution in [0.25, 0.3) is 0 Å². The molecule has 0 amide bonds. The number of aryl methyl sites for hydroxylation is 2. The number of azo groups is 2. The Bertz CT molecular complexity index is 981. The maximum atomic E-state index is 4.17. The predicted molar refractivity (Wildman–Crippen MR) is 135 cm³/mol. The van der Waals surface area contributed by atoms with E-state index in [9.17, 15) is 0 Å². The van der Waals surface area contributed by atoms with Gasteiger partial charge in [0.15, 0.2) is 0 Å². The number of nitrogens with zero attached hydrogens (tertiary/aromatic N) is 4. The Hall–Kier alpha value is -3.92. The fourth-order valence-electron chi connectivity index (χ4n) is 2.44. The molecular formula is C28H30N4. The van der Waals surface area contributed by atoms with Crippen LogP contribution in [0.4, 0.5) is 22.7 Å². The highest BCUT2D eigenvalue weighted by Gasteiger charge is 1.91. The molecular weight excluding hydrogens is 392 g/mol. The summed E-state index contributed by atoms with van der Waals surface area (Å²) >= 11 is 0. The molecule has 0 saturated heterocycles. The summed E-state index contributed by atoms with van der Waals surface area (Å²) in [4.78, 5) is 0. The van der Waals surface area contributed by atoms with Crippen LogP contribution in [0.3, 0.4) is 0 Å². The van der Waals surface area contributed by atoms with Crippen LogP contribution in [0, 0.1) is 13.8 Å². The zero-order valence-electron chi connectivity index (χ0n) is 19.2. The summed E-state index contributed by atoms with van der Waals surface area (Å²) in [5.41, 5.74) is 5.97. The van der Waals surface area contributed by atoms with Crippen LogP contribution in [0.1, 0.15) is 25.0 Å². The van der Waals surface area contributed by atoms with Gasteiger partial charge in [0.05, 0.1) is 22.7 Å². The normalized spacial score (nSPS) is 10.2. The fraction of sp³-hybridized carbons (Fsp3) is 0.143. The van der Waals surface area contributed by atoms with E-state index in [0.29, 0.717) is 0 Å². The molecule has 0 radical (unpaired) electrons. The van der Waals surface area contributed by atoms with Crippen molar-refractivity contribution in [2.75, 3.05) is 0 Å². The Balaban J connectivity index is 0.000000212. The second-order valence-electron chi connectivity index (χ2n) is 6.74. The third kappa shape index (κ3) is 9.26. The first-order chi connectivity index (χ1) is 15.7. The van der Waals surface area contributed by atoms with Crippen molar-refractivity contribution < 1.29 is 0 Å². The smallest absolute Gasteiger partial charge is 0.0857 e. The third-order valence-corrected chi connectivity index (χ3v) is 4.14. The Morgan fingerprint density at radius 2 is 0.594 bits per heavy atom. The molecule has 0 bridgehead atoms. The largest absolute Gasteiger partial charge is 0.151 e. The van der Waals surface area contributed by atoms with Gasteiger partial charge in [0.1, 0.15) is 0 Å². The summed E-state index contributed by atoms with van der Waals surface area (Å²) in [7, 11) is 0. The van der Waals surface area contributed by atoms with Crippen LogP contribution in [-0.4, -0.2) is 0 Å². The van der Waals surface area contributed by atoms with E-state index in [1.165, 1.54) is 11.1 Å². The Kier molecular flexibility index (Phi) is 10.8. The van der Waals surface area contributed by atoms with Crippen molar-refractivity contribution in [1.29, 1.82) is 0 Å². The van der Waals surface area contributed by atoms with Crippen molar-refractivity contribution in [1.82, 2.24) is 0 Å². The lowest BCUT2D eigenvalue weighted by Gasteiger charge is -1.95. The van der Waals surface area contributed by atoms with Crippen LogP contribution in [0.5, 0.6) is 0 Å². The molecule has 0 unspecified atom stereocenters. The van der Waals surface area contributed by atoms with E-state index in [4.69, 9.17) is 0 Å². The Morgan fingerprint density at radius 3 is 0.875 bits per heavy atom. The molecule has 0 aromatic heterocycles. The molecule has 0 aliphatic carbocycles. The van der Waals surface area contributed by atoms with Gasteiger partial charge in [0.25, 0.3) is 0 Å². The molecule has 0 aliphatic heterocycles. The lowest BCUT2D eigenvalue weighted by Crippen LogP contribution is -1.69. The van der Waals surface area contributed by atoms with Gasteiger partial charge in [0, 0.05) is 0 Å². The van der Waals surface area contributed by atoms with Crippen molar-refractivity contribution >= 4 is 22.7 Å². The van der Waals surface area contributed by atoms with E-state index in [-0.39, 0.29) is 0 Å². The van der Waals surface area contributed by atoms with E-state index in [1.54, 1.807) is 0 Å². The highest BCUT2D eigenvalue weighted by atomic mass is 15.1. The van der Waals surface area contributed by atoms with Crippen molar-refractivity contribution in [3.63, 3.8) is 0 Å². The first kappa shape index (κ1) is 24.4. The minimum atomic E-state index is 0.872. The molecule has 4 heteroatoms. The molecule has 0 heterocycles. The summed E-state index contributed by atoms with van der Waals surface area (Å²) < 4.78 is 0. The van der Waals surface area contributed by atoms with E-state index in [2.05, 4.69) is 34.3 Å². The lowest BCUT2D eigenvalue weighted by atomic mass is 10.2. The van der Waals surface area contributed by atoms with Crippen LogP contribution in [-0.2, 0) is 0 Å². The molecule has 4 rings (SSSR count). The molecule has 32 heavy (non-hydrogen) atoms. The average molecular weight is 423 g/mol. The third-order valence-electron chi connectivity index (χ3n) is 4.14. The monoisotopic (exact) mass is 422 g/mol. The molecule has 4 nitrogen and oxygen atoms in total. The molecule has 0 atom stereocenters. The first-order valence-corrected chi connectivity index (χ1v) is 10.8. The van der Waals surface area contributed by atoms with Crippen molar-refractivity contribution in [2.24, 2.45) is 20.5 Å². The summed E-state index contributed by atoms with van der Waals surface area (Å²) in [6, 6.07) is 35.4. The highest BCUT2D eigenvalue weighted by molar-refractivity contribution is 5.42. The molecule has 0 saturated carbocycles. The predicted octanol–water partition coefficient (Wildman–Crippen LogP) is 9.85. The molecule has 0 spiro atoms. The summed E-state index contributed by atoms with van der Waals surface area (Å²) in [6.45, 7) is 8.11. The van der Waals surface area contributed by atoms with Crippen LogP contribution >= 0.6 is 0 Å². The molecule has 0 aliphatic rings. The average Bonchev–Trinajstić information content (AvgIpc) is 2.86. The minimum Gasteiger partial charge on any atom is -0.151 e. The molecule has 4 aromatic carbocycles. The Labute approximate surface area is 191 Å². The van der Waals surface area contributed by atoms with Gasteiger partial charge in [-0.05, 0) is 62.4 Å². The molecule has 4 aromatic rings. The van der Waals surface area contributed by atoms with Crippen LogP contribution < -0.4 is 0 Å². The SMILES string of the molecule is CC.Cc1ccc(N=Nc2ccc(C)cc2)cc1.c1ccc(N=Nc2ccccc2)cc1. The molecule has 0 N–H and O–H groups in total. The zero-order valence-corrected chi connectivity index (χ0v) is 19.2. The highest BCUT2D eigenvalue weighted by Crippen LogP contribution is 2.19. The number of benzene rings is 4. The summed E-state index contributed by atoms with van der Waals surface area (Å²) in [6.07, 6.45) is 0. The van der Waals surface area contributed by atoms with Gasteiger partial charge < -0.3 is 0 Å². The van der Waals surface area contributed by atoms with Gasteiger partial charge in [-0.3, -0.25) is 0 Å². The zero-order chi connectivity index (χ0) is 23.0. The molecule has 0 fully saturated rings. The van der Waals surface area contributed by atoms with E-state index in [0.717, 1.165) is 22.7 Å². The van der Waals surface area contributed by atoms with Crippen molar-refractivity contribution in [3.05, 3.63) is 120 Å².